The first-order valence-corrected chi connectivity index (χ1v) is 9.80. The van der Waals surface area contributed by atoms with Crippen molar-refractivity contribution in [2.24, 2.45) is 0 Å². The summed E-state index contributed by atoms with van der Waals surface area (Å²) in [6, 6.07) is 14.6. The molecular weight excluding hydrogens is 366 g/mol. The topological polar surface area (TPSA) is 71.5 Å². The number of methoxy groups -OCH3 is 1. The van der Waals surface area contributed by atoms with Crippen LogP contribution in [0.2, 0.25) is 0 Å². The van der Waals surface area contributed by atoms with Crippen molar-refractivity contribution in [3.8, 4) is 5.75 Å². The Morgan fingerprint density at radius 2 is 1.79 bits per heavy atom. The molecule has 3 aromatic rings. The van der Waals surface area contributed by atoms with Crippen molar-refractivity contribution in [2.45, 2.75) is 32.4 Å². The van der Waals surface area contributed by atoms with Crippen LogP contribution in [0.1, 0.15) is 46.9 Å². The minimum Gasteiger partial charge on any atom is -0.497 e. The number of rotatable bonds is 7. The molecule has 1 N–H and O–H groups in total. The van der Waals surface area contributed by atoms with Crippen LogP contribution >= 0.6 is 0 Å². The number of nitrogens with zero attached hydrogens (tertiary/aromatic N) is 2. The summed E-state index contributed by atoms with van der Waals surface area (Å²) in [5.41, 5.74) is 2.41. The van der Waals surface area contributed by atoms with Gasteiger partial charge in [-0.3, -0.25) is 19.5 Å². The summed E-state index contributed by atoms with van der Waals surface area (Å²) in [6.45, 7) is 2.09. The molecule has 2 aromatic carbocycles. The number of aromatic nitrogens is 1. The number of ether oxygens (including phenoxy) is 1. The number of hydrogen-bond acceptors (Lipinski definition) is 5. The molecule has 1 unspecified atom stereocenters. The Kier molecular flexibility index (Phi) is 5.16. The molecule has 6 heteroatoms. The molecule has 0 fully saturated rings. The number of benzene rings is 2. The van der Waals surface area contributed by atoms with E-state index in [-0.39, 0.29) is 11.8 Å². The second-order valence-corrected chi connectivity index (χ2v) is 7.08. The van der Waals surface area contributed by atoms with Crippen LogP contribution in [0.3, 0.4) is 0 Å². The Labute approximate surface area is 169 Å². The van der Waals surface area contributed by atoms with E-state index in [1.807, 2.05) is 24.3 Å². The number of anilines is 1. The van der Waals surface area contributed by atoms with Gasteiger partial charge in [0.05, 0.1) is 29.4 Å². The lowest BCUT2D eigenvalue weighted by Crippen LogP contribution is -2.44. The van der Waals surface area contributed by atoms with Crippen molar-refractivity contribution in [1.29, 1.82) is 0 Å². The number of nitrogens with one attached hydrogen (secondary N) is 1. The standard InChI is InChI=1S/C23H23N3O3/c1-3-4-11-20(26-22(27)17-9-5-6-10-18(17)23(26)28)25-19-14-16(29-2)13-15-8-7-12-24-21(15)19/h5-10,12-14,20,25H,3-4,11H2,1-2H3. The second-order valence-electron chi connectivity index (χ2n) is 7.08. The van der Waals surface area contributed by atoms with Gasteiger partial charge in [0.15, 0.2) is 0 Å². The van der Waals surface area contributed by atoms with E-state index in [0.717, 1.165) is 29.4 Å². The summed E-state index contributed by atoms with van der Waals surface area (Å²) >= 11 is 0. The van der Waals surface area contributed by atoms with E-state index in [9.17, 15) is 9.59 Å². The predicted molar refractivity (Wildman–Crippen MR) is 112 cm³/mol. The number of pyridine rings is 1. The average molecular weight is 389 g/mol. The normalized spacial score (nSPS) is 14.2. The third-order valence-corrected chi connectivity index (χ3v) is 5.20. The predicted octanol–water partition coefficient (Wildman–Crippen LogP) is 4.47. The lowest BCUT2D eigenvalue weighted by atomic mass is 10.1. The summed E-state index contributed by atoms with van der Waals surface area (Å²) < 4.78 is 5.43. The molecule has 4 rings (SSSR count). The molecule has 0 spiro atoms. The highest BCUT2D eigenvalue weighted by molar-refractivity contribution is 6.21. The number of carbonyl (C=O) groups excluding carboxylic acids is 2. The van der Waals surface area contributed by atoms with Crippen LogP contribution in [-0.2, 0) is 0 Å². The second kappa shape index (κ2) is 7.91. The maximum Gasteiger partial charge on any atom is 0.263 e. The van der Waals surface area contributed by atoms with Crippen LogP contribution < -0.4 is 10.1 Å². The number of carbonyl (C=O) groups is 2. The molecule has 0 saturated heterocycles. The fraction of sp³-hybridized carbons (Fsp3) is 0.261. The molecule has 1 aliphatic rings. The number of unbranched alkanes of at least 4 members (excludes halogenated alkanes) is 1. The Bertz CT molecular complexity index is 1040. The van der Waals surface area contributed by atoms with Gasteiger partial charge >= 0.3 is 0 Å². The van der Waals surface area contributed by atoms with Gasteiger partial charge < -0.3 is 10.1 Å². The van der Waals surface area contributed by atoms with Gasteiger partial charge in [0.25, 0.3) is 11.8 Å². The Balaban J connectivity index is 1.74. The number of amides is 2. The van der Waals surface area contributed by atoms with E-state index in [1.165, 1.54) is 4.90 Å². The third-order valence-electron chi connectivity index (χ3n) is 5.20. The van der Waals surface area contributed by atoms with E-state index in [4.69, 9.17) is 4.74 Å². The van der Waals surface area contributed by atoms with E-state index >= 15 is 0 Å². The highest BCUT2D eigenvalue weighted by Gasteiger charge is 2.39. The average Bonchev–Trinajstić information content (AvgIpc) is 3.01. The summed E-state index contributed by atoms with van der Waals surface area (Å²) in [5.74, 6) is 0.156. The van der Waals surface area contributed by atoms with Gasteiger partial charge in [0.1, 0.15) is 11.9 Å². The minimum atomic E-state index is -0.473. The molecule has 2 heterocycles. The van der Waals surface area contributed by atoms with Crippen LogP contribution in [0.15, 0.2) is 54.7 Å². The monoisotopic (exact) mass is 389 g/mol. The number of fused-ring (bicyclic) bond motifs is 2. The minimum absolute atomic E-state index is 0.264. The smallest absolute Gasteiger partial charge is 0.263 e. The molecule has 1 aromatic heterocycles. The highest BCUT2D eigenvalue weighted by Crippen LogP contribution is 2.31. The van der Waals surface area contributed by atoms with Gasteiger partial charge in [-0.1, -0.05) is 31.5 Å². The van der Waals surface area contributed by atoms with Crippen LogP contribution in [0.25, 0.3) is 10.9 Å². The highest BCUT2D eigenvalue weighted by atomic mass is 16.5. The first-order valence-electron chi connectivity index (χ1n) is 9.80. The van der Waals surface area contributed by atoms with Crippen LogP contribution in [0, 0.1) is 0 Å². The van der Waals surface area contributed by atoms with Crippen molar-refractivity contribution in [1.82, 2.24) is 9.88 Å². The van der Waals surface area contributed by atoms with Crippen molar-refractivity contribution in [2.75, 3.05) is 12.4 Å². The maximum atomic E-state index is 13.0. The van der Waals surface area contributed by atoms with E-state index in [2.05, 4.69) is 17.2 Å². The van der Waals surface area contributed by atoms with Crippen LogP contribution in [0.5, 0.6) is 5.75 Å². The Morgan fingerprint density at radius 1 is 1.07 bits per heavy atom. The molecule has 0 saturated carbocycles. The van der Waals surface area contributed by atoms with E-state index in [0.29, 0.717) is 23.3 Å². The quantitative estimate of drug-likeness (QED) is 0.604. The molecule has 1 atom stereocenters. The summed E-state index contributed by atoms with van der Waals surface area (Å²) in [5, 5.41) is 4.33. The molecular formula is C23H23N3O3. The molecule has 1 aliphatic heterocycles. The fourth-order valence-corrected chi connectivity index (χ4v) is 3.73. The SMILES string of the molecule is CCCCC(Nc1cc(OC)cc2cccnc12)N1C(=O)c2ccccc2C1=O. The molecule has 0 bridgehead atoms. The fourth-order valence-electron chi connectivity index (χ4n) is 3.73. The third kappa shape index (κ3) is 3.42. The van der Waals surface area contributed by atoms with Crippen LogP contribution in [-0.4, -0.2) is 35.0 Å². The summed E-state index contributed by atoms with van der Waals surface area (Å²) in [6.07, 6.45) is 3.73. The largest absolute Gasteiger partial charge is 0.497 e. The van der Waals surface area contributed by atoms with E-state index in [1.54, 1.807) is 37.6 Å². The number of imide groups is 1. The lowest BCUT2D eigenvalue weighted by molar-refractivity contribution is 0.0595. The zero-order chi connectivity index (χ0) is 20.4. The van der Waals surface area contributed by atoms with Crippen molar-refractivity contribution in [3.63, 3.8) is 0 Å². The Hall–Kier alpha value is -3.41. The Morgan fingerprint density at radius 3 is 2.45 bits per heavy atom. The lowest BCUT2D eigenvalue weighted by Gasteiger charge is -2.28. The molecule has 148 valence electrons. The molecule has 0 radical (unpaired) electrons. The maximum absolute atomic E-state index is 13.0. The van der Waals surface area contributed by atoms with Gasteiger partial charge in [-0.15, -0.1) is 0 Å². The van der Waals surface area contributed by atoms with Crippen LogP contribution in [0.4, 0.5) is 5.69 Å². The van der Waals surface area contributed by atoms with Gasteiger partial charge in [0, 0.05) is 17.6 Å². The van der Waals surface area contributed by atoms with Gasteiger partial charge in [0.2, 0.25) is 0 Å². The van der Waals surface area contributed by atoms with Gasteiger partial charge in [-0.05, 0) is 37.1 Å². The first-order chi connectivity index (χ1) is 14.1. The molecule has 0 aliphatic carbocycles. The van der Waals surface area contributed by atoms with E-state index < -0.39 is 6.17 Å². The zero-order valence-corrected chi connectivity index (χ0v) is 16.5. The van der Waals surface area contributed by atoms with Gasteiger partial charge in [-0.25, -0.2) is 0 Å². The summed E-state index contributed by atoms with van der Waals surface area (Å²) in [4.78, 5) is 31.9. The zero-order valence-electron chi connectivity index (χ0n) is 16.5. The van der Waals surface area contributed by atoms with Crippen molar-refractivity contribution in [3.05, 3.63) is 65.9 Å². The van der Waals surface area contributed by atoms with Gasteiger partial charge in [-0.2, -0.15) is 0 Å². The summed E-state index contributed by atoms with van der Waals surface area (Å²) in [7, 11) is 1.61. The number of hydrogen-bond donors (Lipinski definition) is 1. The van der Waals surface area contributed by atoms with Crippen molar-refractivity contribution < 1.29 is 14.3 Å². The van der Waals surface area contributed by atoms with Crippen molar-refractivity contribution >= 4 is 28.4 Å². The molecule has 2 amide bonds. The molecule has 29 heavy (non-hydrogen) atoms. The molecule has 6 nitrogen and oxygen atoms in total. The first kappa shape index (κ1) is 18.9.